The lowest BCUT2D eigenvalue weighted by molar-refractivity contribution is 0.198. The van der Waals surface area contributed by atoms with Crippen LogP contribution in [0.5, 0.6) is 0 Å². The first-order valence-corrected chi connectivity index (χ1v) is 7.68. The molecule has 0 aliphatic heterocycles. The number of nitrogens with one attached hydrogen (secondary N) is 1. The fourth-order valence-electron chi connectivity index (χ4n) is 2.33. The van der Waals surface area contributed by atoms with Gasteiger partial charge in [0.05, 0.1) is 0 Å². The minimum atomic E-state index is -0.0945. The number of nitrogens with zero attached hydrogens (tertiary/aromatic N) is 1. The molecule has 0 saturated heterocycles. The highest BCUT2D eigenvalue weighted by Crippen LogP contribution is 2.20. The van der Waals surface area contributed by atoms with E-state index in [1.807, 2.05) is 12.1 Å². The molecule has 0 bridgehead atoms. The van der Waals surface area contributed by atoms with Gasteiger partial charge in [-0.15, -0.1) is 0 Å². The zero-order valence-corrected chi connectivity index (χ0v) is 13.1. The summed E-state index contributed by atoms with van der Waals surface area (Å²) in [6.45, 7) is 8.12. The Bertz CT molecular complexity index is 441. The highest BCUT2D eigenvalue weighted by molar-refractivity contribution is 5.25. The van der Waals surface area contributed by atoms with Gasteiger partial charge in [-0.05, 0) is 44.4 Å². The molecule has 0 radical (unpaired) electrons. The lowest BCUT2D eigenvalue weighted by Crippen LogP contribution is -2.33. The van der Waals surface area contributed by atoms with Gasteiger partial charge in [0, 0.05) is 30.7 Å². The van der Waals surface area contributed by atoms with Crippen LogP contribution < -0.4 is 5.32 Å². The molecular formula is C17H27FN2. The predicted molar refractivity (Wildman–Crippen MR) is 82.0 cm³/mol. The molecule has 0 aromatic heterocycles. The Balaban J connectivity index is 1.99. The molecule has 3 heteroatoms. The number of halogens is 1. The van der Waals surface area contributed by atoms with E-state index in [0.717, 1.165) is 12.1 Å². The number of hydrogen-bond acceptors (Lipinski definition) is 2. The normalized spacial score (nSPS) is 16.9. The highest BCUT2D eigenvalue weighted by Gasteiger charge is 2.20. The lowest BCUT2D eigenvalue weighted by Gasteiger charge is -2.28. The largest absolute Gasteiger partial charge is 0.310 e. The smallest absolute Gasteiger partial charge is 0.127 e. The summed E-state index contributed by atoms with van der Waals surface area (Å²) in [6.07, 6.45) is 2.56. The summed E-state index contributed by atoms with van der Waals surface area (Å²) in [6, 6.07) is 6.64. The Labute approximate surface area is 122 Å². The van der Waals surface area contributed by atoms with Gasteiger partial charge in [-0.3, -0.25) is 4.90 Å². The Kier molecular flexibility index (Phi) is 5.17. The van der Waals surface area contributed by atoms with Gasteiger partial charge in [-0.1, -0.05) is 26.0 Å². The van der Waals surface area contributed by atoms with E-state index in [9.17, 15) is 4.39 Å². The Morgan fingerprint density at radius 3 is 2.60 bits per heavy atom. The molecule has 1 aliphatic carbocycles. The van der Waals surface area contributed by atoms with E-state index in [2.05, 4.69) is 38.0 Å². The maximum absolute atomic E-state index is 14.0. The van der Waals surface area contributed by atoms with Crippen LogP contribution in [0.2, 0.25) is 0 Å². The van der Waals surface area contributed by atoms with Crippen molar-refractivity contribution in [3.8, 4) is 0 Å². The molecule has 0 heterocycles. The maximum Gasteiger partial charge on any atom is 0.127 e. The molecule has 1 fully saturated rings. The van der Waals surface area contributed by atoms with Crippen molar-refractivity contribution >= 4 is 0 Å². The molecule has 2 nitrogen and oxygen atoms in total. The second kappa shape index (κ2) is 6.68. The minimum absolute atomic E-state index is 0.0945. The molecule has 1 N–H and O–H groups in total. The van der Waals surface area contributed by atoms with E-state index in [4.69, 9.17) is 0 Å². The van der Waals surface area contributed by atoms with Crippen LogP contribution in [0.15, 0.2) is 18.2 Å². The van der Waals surface area contributed by atoms with Crippen molar-refractivity contribution in [2.75, 3.05) is 7.05 Å². The van der Waals surface area contributed by atoms with E-state index < -0.39 is 0 Å². The third kappa shape index (κ3) is 4.29. The summed E-state index contributed by atoms with van der Waals surface area (Å²) in [7, 11) is 2.07. The van der Waals surface area contributed by atoms with Crippen LogP contribution in [0.25, 0.3) is 0 Å². The molecule has 0 spiro atoms. The third-order valence-corrected chi connectivity index (χ3v) is 4.36. The van der Waals surface area contributed by atoms with Crippen LogP contribution in [-0.2, 0) is 13.1 Å². The number of hydrogen-bond donors (Lipinski definition) is 1. The van der Waals surface area contributed by atoms with E-state index in [1.54, 1.807) is 6.07 Å². The van der Waals surface area contributed by atoms with Gasteiger partial charge < -0.3 is 5.32 Å². The average Bonchev–Trinajstić information content (AvgIpc) is 3.22. The quantitative estimate of drug-likeness (QED) is 0.820. The molecule has 1 aliphatic rings. The van der Waals surface area contributed by atoms with E-state index >= 15 is 0 Å². The van der Waals surface area contributed by atoms with Gasteiger partial charge in [0.25, 0.3) is 0 Å². The molecule has 1 saturated carbocycles. The average molecular weight is 278 g/mol. The zero-order chi connectivity index (χ0) is 14.7. The molecule has 2 rings (SSSR count). The second-order valence-electron chi connectivity index (χ2n) is 6.48. The summed E-state index contributed by atoms with van der Waals surface area (Å²) in [4.78, 5) is 2.22. The molecule has 20 heavy (non-hydrogen) atoms. The fourth-order valence-corrected chi connectivity index (χ4v) is 2.33. The Morgan fingerprint density at radius 2 is 2.00 bits per heavy atom. The van der Waals surface area contributed by atoms with Crippen LogP contribution in [-0.4, -0.2) is 24.0 Å². The number of rotatable bonds is 7. The molecule has 112 valence electrons. The summed E-state index contributed by atoms with van der Waals surface area (Å²) < 4.78 is 14.0. The first-order valence-electron chi connectivity index (χ1n) is 7.68. The van der Waals surface area contributed by atoms with Crippen molar-refractivity contribution in [3.05, 3.63) is 35.1 Å². The van der Waals surface area contributed by atoms with Crippen molar-refractivity contribution in [2.24, 2.45) is 5.92 Å². The van der Waals surface area contributed by atoms with Gasteiger partial charge in [0.1, 0.15) is 5.82 Å². The fraction of sp³-hybridized carbons (Fsp3) is 0.647. The molecule has 0 amide bonds. The summed E-state index contributed by atoms with van der Waals surface area (Å²) >= 11 is 0. The lowest BCUT2D eigenvalue weighted by atomic mass is 10.0. The second-order valence-corrected chi connectivity index (χ2v) is 6.48. The van der Waals surface area contributed by atoms with Crippen LogP contribution in [0.3, 0.4) is 0 Å². The SMILES string of the molecule is CC(C)C(C)N(C)Cc1cc(CNC2CC2)ccc1F. The number of benzene rings is 1. The van der Waals surface area contributed by atoms with Crippen molar-refractivity contribution in [2.45, 2.75) is 58.8 Å². The minimum Gasteiger partial charge on any atom is -0.310 e. The maximum atomic E-state index is 14.0. The van der Waals surface area contributed by atoms with Crippen LogP contribution in [0, 0.1) is 11.7 Å². The van der Waals surface area contributed by atoms with Crippen molar-refractivity contribution in [1.29, 1.82) is 0 Å². The van der Waals surface area contributed by atoms with Gasteiger partial charge in [-0.2, -0.15) is 0 Å². The molecule has 1 aromatic carbocycles. The van der Waals surface area contributed by atoms with Crippen LogP contribution in [0.1, 0.15) is 44.7 Å². The van der Waals surface area contributed by atoms with E-state index in [0.29, 0.717) is 24.5 Å². The summed E-state index contributed by atoms with van der Waals surface area (Å²) in [5.41, 5.74) is 1.98. The molecule has 1 aromatic rings. The topological polar surface area (TPSA) is 15.3 Å². The summed E-state index contributed by atoms with van der Waals surface area (Å²) in [5.74, 6) is 0.478. The highest BCUT2D eigenvalue weighted by atomic mass is 19.1. The van der Waals surface area contributed by atoms with E-state index in [1.165, 1.54) is 18.4 Å². The summed E-state index contributed by atoms with van der Waals surface area (Å²) in [5, 5.41) is 3.48. The third-order valence-electron chi connectivity index (χ3n) is 4.36. The van der Waals surface area contributed by atoms with E-state index in [-0.39, 0.29) is 5.82 Å². The monoisotopic (exact) mass is 278 g/mol. The van der Waals surface area contributed by atoms with Gasteiger partial charge >= 0.3 is 0 Å². The first kappa shape index (κ1) is 15.5. The van der Waals surface area contributed by atoms with Gasteiger partial charge in [-0.25, -0.2) is 4.39 Å². The predicted octanol–water partition coefficient (Wildman–Crippen LogP) is 3.55. The Hall–Kier alpha value is -0.930. The van der Waals surface area contributed by atoms with Crippen LogP contribution in [0.4, 0.5) is 4.39 Å². The molecule has 1 atom stereocenters. The molecule has 1 unspecified atom stereocenters. The van der Waals surface area contributed by atoms with Gasteiger partial charge in [0.2, 0.25) is 0 Å². The van der Waals surface area contributed by atoms with Crippen LogP contribution >= 0.6 is 0 Å². The van der Waals surface area contributed by atoms with Crippen molar-refractivity contribution in [3.63, 3.8) is 0 Å². The van der Waals surface area contributed by atoms with Gasteiger partial charge in [0.15, 0.2) is 0 Å². The van der Waals surface area contributed by atoms with Crippen molar-refractivity contribution < 1.29 is 4.39 Å². The zero-order valence-electron chi connectivity index (χ0n) is 13.1. The van der Waals surface area contributed by atoms with Crippen molar-refractivity contribution in [1.82, 2.24) is 10.2 Å². The Morgan fingerprint density at radius 1 is 1.30 bits per heavy atom. The first-order chi connectivity index (χ1) is 9.47. The standard InChI is InChI=1S/C17H27FN2/c1-12(2)13(3)20(4)11-15-9-14(5-8-17(15)18)10-19-16-6-7-16/h5,8-9,12-13,16,19H,6-7,10-11H2,1-4H3. The molecular weight excluding hydrogens is 251 g/mol.